The lowest BCUT2D eigenvalue weighted by molar-refractivity contribution is 0.204. The smallest absolute Gasteiger partial charge is 0.0197 e. The Bertz CT molecular complexity index is 265. The number of hydrogen-bond acceptors (Lipinski definition) is 0. The van der Waals surface area contributed by atoms with Crippen LogP contribution in [0.3, 0.4) is 0 Å². The topological polar surface area (TPSA) is 0 Å². The van der Waals surface area contributed by atoms with Crippen molar-refractivity contribution in [2.75, 3.05) is 0 Å². The van der Waals surface area contributed by atoms with Gasteiger partial charge in [-0.05, 0) is 67.6 Å². The van der Waals surface area contributed by atoms with Crippen LogP contribution in [0, 0.1) is 35.5 Å². The van der Waals surface area contributed by atoms with E-state index in [-0.39, 0.29) is 0 Å². The Morgan fingerprint density at radius 3 is 2.62 bits per heavy atom. The molecule has 13 heavy (non-hydrogen) atoms. The number of hydrogen-bond donors (Lipinski definition) is 0. The van der Waals surface area contributed by atoms with Gasteiger partial charge in [-0.25, -0.2) is 0 Å². The molecule has 0 saturated heterocycles. The molecule has 0 amide bonds. The average Bonchev–Trinajstić information content (AvgIpc) is 2.80. The average molecular weight is 174 g/mol. The van der Waals surface area contributed by atoms with Crippen molar-refractivity contribution in [1.29, 1.82) is 0 Å². The van der Waals surface area contributed by atoms with E-state index in [9.17, 15) is 0 Å². The highest BCUT2D eigenvalue weighted by Crippen LogP contribution is 2.64. The lowest BCUT2D eigenvalue weighted by Crippen LogP contribution is -2.22. The molecule has 6 unspecified atom stereocenters. The Morgan fingerprint density at radius 2 is 1.69 bits per heavy atom. The van der Waals surface area contributed by atoms with Gasteiger partial charge in [0, 0.05) is 0 Å². The zero-order chi connectivity index (χ0) is 8.41. The van der Waals surface area contributed by atoms with Gasteiger partial charge in [-0.2, -0.15) is 0 Å². The maximum Gasteiger partial charge on any atom is -0.0197 e. The fraction of sp³-hybridized carbons (Fsp3) is 0.846. The van der Waals surface area contributed by atoms with Gasteiger partial charge in [-0.3, -0.25) is 0 Å². The van der Waals surface area contributed by atoms with Crippen molar-refractivity contribution in [1.82, 2.24) is 0 Å². The summed E-state index contributed by atoms with van der Waals surface area (Å²) >= 11 is 0. The maximum atomic E-state index is 2.56. The molecule has 0 spiro atoms. The van der Waals surface area contributed by atoms with Crippen molar-refractivity contribution in [3.8, 4) is 0 Å². The number of rotatable bonds is 0. The third kappa shape index (κ3) is 0.742. The third-order valence-electron chi connectivity index (χ3n) is 5.48. The van der Waals surface area contributed by atoms with Gasteiger partial charge >= 0.3 is 0 Å². The van der Waals surface area contributed by atoms with E-state index < -0.39 is 0 Å². The van der Waals surface area contributed by atoms with Gasteiger partial charge in [0.2, 0.25) is 0 Å². The van der Waals surface area contributed by atoms with E-state index in [1.807, 2.05) is 0 Å². The van der Waals surface area contributed by atoms with Crippen LogP contribution in [0.4, 0.5) is 0 Å². The van der Waals surface area contributed by atoms with Crippen LogP contribution in [0.25, 0.3) is 0 Å². The van der Waals surface area contributed by atoms with Crippen LogP contribution < -0.4 is 0 Å². The Hall–Kier alpha value is -0.260. The second-order valence-corrected chi connectivity index (χ2v) is 5.81. The minimum absolute atomic E-state index is 1.01. The first-order valence-corrected chi connectivity index (χ1v) is 6.10. The highest BCUT2D eigenvalue weighted by molar-refractivity contribution is 5.14. The number of fused-ring (bicyclic) bond motifs is 9. The zero-order valence-electron chi connectivity index (χ0n) is 8.15. The van der Waals surface area contributed by atoms with E-state index in [2.05, 4.69) is 12.2 Å². The molecule has 70 valence electrons. The monoisotopic (exact) mass is 174 g/mol. The normalized spacial score (nSPS) is 61.5. The van der Waals surface area contributed by atoms with Crippen LogP contribution in [-0.2, 0) is 0 Å². The summed E-state index contributed by atoms with van der Waals surface area (Å²) in [6.45, 7) is 0. The summed E-state index contributed by atoms with van der Waals surface area (Å²) in [5, 5.41) is 0. The molecule has 0 nitrogen and oxygen atoms in total. The lowest BCUT2D eigenvalue weighted by atomic mass is 9.76. The first-order valence-electron chi connectivity index (χ1n) is 6.10. The van der Waals surface area contributed by atoms with Gasteiger partial charge in [0.15, 0.2) is 0 Å². The fourth-order valence-electron chi connectivity index (χ4n) is 5.27. The third-order valence-corrected chi connectivity index (χ3v) is 5.48. The quantitative estimate of drug-likeness (QED) is 0.390. The molecule has 3 fully saturated rings. The van der Waals surface area contributed by atoms with E-state index in [4.69, 9.17) is 0 Å². The minimum Gasteiger partial charge on any atom is -0.0880 e. The molecular formula is C13H18. The molecule has 4 aliphatic carbocycles. The second-order valence-electron chi connectivity index (χ2n) is 5.81. The summed E-state index contributed by atoms with van der Waals surface area (Å²) in [6.07, 6.45) is 12.8. The van der Waals surface area contributed by atoms with E-state index >= 15 is 0 Å². The van der Waals surface area contributed by atoms with Crippen molar-refractivity contribution in [3.05, 3.63) is 12.2 Å². The molecule has 3 saturated carbocycles. The Morgan fingerprint density at radius 1 is 0.846 bits per heavy atom. The summed E-state index contributed by atoms with van der Waals surface area (Å²) in [7, 11) is 0. The summed E-state index contributed by atoms with van der Waals surface area (Å²) in [6, 6.07) is 0. The molecule has 0 aliphatic heterocycles. The van der Waals surface area contributed by atoms with Crippen molar-refractivity contribution in [2.24, 2.45) is 35.5 Å². The van der Waals surface area contributed by atoms with Crippen LogP contribution in [0.1, 0.15) is 32.1 Å². The van der Waals surface area contributed by atoms with Gasteiger partial charge in [0.25, 0.3) is 0 Å². The van der Waals surface area contributed by atoms with Crippen molar-refractivity contribution in [3.63, 3.8) is 0 Å². The molecule has 0 aromatic heterocycles. The highest BCUT2D eigenvalue weighted by atomic mass is 14.6. The zero-order valence-corrected chi connectivity index (χ0v) is 8.15. The Balaban J connectivity index is 1.78. The highest BCUT2D eigenvalue weighted by Gasteiger charge is 2.56. The first kappa shape index (κ1) is 7.09. The largest absolute Gasteiger partial charge is 0.0880 e. The summed E-state index contributed by atoms with van der Waals surface area (Å²) in [5.41, 5.74) is 0. The van der Waals surface area contributed by atoms with Crippen molar-refractivity contribution >= 4 is 0 Å². The van der Waals surface area contributed by atoms with Crippen LogP contribution in [0.2, 0.25) is 0 Å². The molecule has 6 atom stereocenters. The first-order chi connectivity index (χ1) is 6.43. The van der Waals surface area contributed by atoms with Crippen LogP contribution >= 0.6 is 0 Å². The minimum atomic E-state index is 1.01. The summed E-state index contributed by atoms with van der Waals surface area (Å²) < 4.78 is 0. The molecular weight excluding hydrogens is 156 g/mol. The van der Waals surface area contributed by atoms with Crippen molar-refractivity contribution in [2.45, 2.75) is 32.1 Å². The van der Waals surface area contributed by atoms with Crippen LogP contribution in [0.15, 0.2) is 12.2 Å². The van der Waals surface area contributed by atoms with Gasteiger partial charge in [0.05, 0.1) is 0 Å². The standard InChI is InChI=1S/C13H18/c1-2-8-6-9(3-1)13-11-5-4-10(7-11)12(8)13/h1-2,8-13H,3-7H2. The second kappa shape index (κ2) is 2.21. The Labute approximate surface area is 80.4 Å². The Kier molecular flexibility index (Phi) is 1.21. The fourth-order valence-corrected chi connectivity index (χ4v) is 5.27. The summed E-state index contributed by atoms with van der Waals surface area (Å²) in [4.78, 5) is 0. The number of allylic oxidation sites excluding steroid dienone is 2. The van der Waals surface area contributed by atoms with Gasteiger partial charge in [0.1, 0.15) is 0 Å². The SMILES string of the molecule is C1=CC2CC(C1)C1C3CCC(C3)C21. The molecule has 0 N–H and O–H groups in total. The lowest BCUT2D eigenvalue weighted by Gasteiger charge is -2.28. The molecule has 0 aromatic rings. The molecule has 4 bridgehead atoms. The van der Waals surface area contributed by atoms with E-state index in [0.29, 0.717) is 0 Å². The predicted octanol–water partition coefficient (Wildman–Crippen LogP) is 3.24. The van der Waals surface area contributed by atoms with E-state index in [0.717, 1.165) is 29.6 Å². The van der Waals surface area contributed by atoms with Crippen LogP contribution in [-0.4, -0.2) is 0 Å². The molecule has 0 aromatic carbocycles. The van der Waals surface area contributed by atoms with Crippen LogP contribution in [0.5, 0.6) is 0 Å². The van der Waals surface area contributed by atoms with Gasteiger partial charge in [-0.15, -0.1) is 0 Å². The molecule has 0 heteroatoms. The molecule has 4 rings (SSSR count). The van der Waals surface area contributed by atoms with E-state index in [1.165, 1.54) is 12.3 Å². The summed E-state index contributed by atoms with van der Waals surface area (Å²) in [5.74, 6) is 6.73. The van der Waals surface area contributed by atoms with Gasteiger partial charge in [-0.1, -0.05) is 12.2 Å². The molecule has 0 radical (unpaired) electrons. The van der Waals surface area contributed by atoms with Crippen molar-refractivity contribution < 1.29 is 0 Å². The maximum absolute atomic E-state index is 2.56. The molecule has 4 aliphatic rings. The van der Waals surface area contributed by atoms with Gasteiger partial charge < -0.3 is 0 Å². The molecule has 0 heterocycles. The van der Waals surface area contributed by atoms with E-state index in [1.54, 1.807) is 25.7 Å². The predicted molar refractivity (Wildman–Crippen MR) is 53.2 cm³/mol.